The molecule has 1 saturated heterocycles. The molecule has 0 radical (unpaired) electrons. The van der Waals surface area contributed by atoms with Crippen molar-refractivity contribution in [2.75, 3.05) is 13.1 Å². The molecule has 1 atom stereocenters. The number of hydrogen-bond donors (Lipinski definition) is 1. The number of likely N-dealkylation sites (tertiary alicyclic amines) is 1. The van der Waals surface area contributed by atoms with Gasteiger partial charge in [-0.1, -0.05) is 13.3 Å². The Morgan fingerprint density at radius 3 is 2.86 bits per heavy atom. The highest BCUT2D eigenvalue weighted by Crippen LogP contribution is 2.27. The molecule has 2 fully saturated rings. The van der Waals surface area contributed by atoms with E-state index >= 15 is 0 Å². The quantitative estimate of drug-likeness (QED) is 0.842. The van der Waals surface area contributed by atoms with Crippen molar-refractivity contribution in [2.24, 2.45) is 5.92 Å². The van der Waals surface area contributed by atoms with Crippen LogP contribution in [-0.2, 0) is 13.1 Å². The van der Waals surface area contributed by atoms with E-state index in [1.54, 1.807) is 5.56 Å². The highest BCUT2D eigenvalue weighted by molar-refractivity contribution is 7.12. The summed E-state index contributed by atoms with van der Waals surface area (Å²) in [7, 11) is 0. The minimum absolute atomic E-state index is 0.812. The number of nitrogens with one attached hydrogen (secondary N) is 1. The maximum absolute atomic E-state index is 3.64. The number of nitrogens with zero attached hydrogens (tertiary/aromatic N) is 1. The van der Waals surface area contributed by atoms with Gasteiger partial charge in [-0.2, -0.15) is 0 Å². The standard InChI is InChI=1S/C18H30N2S/c1-3-15-5-4-9-20(10-8-15)13-16-11-18(21-14(16)2)12-19-17-6-7-17/h11,15,17,19H,3-10,12-13H2,1-2H3. The average Bonchev–Trinajstić information content (AvgIpc) is 3.27. The molecule has 1 aliphatic heterocycles. The summed E-state index contributed by atoms with van der Waals surface area (Å²) in [4.78, 5) is 5.73. The van der Waals surface area contributed by atoms with E-state index in [0.29, 0.717) is 0 Å². The Balaban J connectivity index is 1.53. The van der Waals surface area contributed by atoms with Gasteiger partial charge in [-0.05, 0) is 69.7 Å². The van der Waals surface area contributed by atoms with Crippen LogP contribution in [0.15, 0.2) is 6.07 Å². The van der Waals surface area contributed by atoms with Gasteiger partial charge in [0.05, 0.1) is 0 Å². The SMILES string of the molecule is CCC1CCCN(Cc2cc(CNC3CC3)sc2C)CC1. The van der Waals surface area contributed by atoms with Crippen molar-refractivity contribution >= 4 is 11.3 Å². The zero-order chi connectivity index (χ0) is 14.7. The van der Waals surface area contributed by atoms with Gasteiger partial charge in [0.2, 0.25) is 0 Å². The maximum atomic E-state index is 3.64. The fourth-order valence-electron chi connectivity index (χ4n) is 3.40. The first-order chi connectivity index (χ1) is 10.2. The van der Waals surface area contributed by atoms with Gasteiger partial charge in [0.15, 0.2) is 0 Å². The van der Waals surface area contributed by atoms with Crippen LogP contribution < -0.4 is 5.32 Å². The molecule has 1 aromatic heterocycles. The lowest BCUT2D eigenvalue weighted by molar-refractivity contribution is 0.272. The third-order valence-electron chi connectivity index (χ3n) is 5.13. The second-order valence-electron chi connectivity index (χ2n) is 6.93. The maximum Gasteiger partial charge on any atom is 0.0302 e. The van der Waals surface area contributed by atoms with E-state index in [4.69, 9.17) is 0 Å². The summed E-state index contributed by atoms with van der Waals surface area (Å²) in [5, 5.41) is 3.64. The van der Waals surface area contributed by atoms with Crippen molar-refractivity contribution in [3.05, 3.63) is 21.4 Å². The number of hydrogen-bond acceptors (Lipinski definition) is 3. The van der Waals surface area contributed by atoms with Crippen LogP contribution in [0.3, 0.4) is 0 Å². The van der Waals surface area contributed by atoms with Crippen molar-refractivity contribution in [3.63, 3.8) is 0 Å². The van der Waals surface area contributed by atoms with Gasteiger partial charge < -0.3 is 5.32 Å². The normalized spacial score (nSPS) is 24.2. The second kappa shape index (κ2) is 7.26. The highest BCUT2D eigenvalue weighted by Gasteiger charge is 2.21. The van der Waals surface area contributed by atoms with Gasteiger partial charge in [-0.25, -0.2) is 0 Å². The van der Waals surface area contributed by atoms with Gasteiger partial charge in [0, 0.05) is 28.9 Å². The minimum atomic E-state index is 0.812. The van der Waals surface area contributed by atoms with E-state index in [9.17, 15) is 0 Å². The average molecular weight is 307 g/mol. The molecule has 118 valence electrons. The molecular formula is C18H30N2S. The second-order valence-corrected chi connectivity index (χ2v) is 8.27. The van der Waals surface area contributed by atoms with Crippen LogP contribution in [0.4, 0.5) is 0 Å². The number of rotatable bonds is 6. The Morgan fingerprint density at radius 1 is 1.24 bits per heavy atom. The molecule has 3 heteroatoms. The summed E-state index contributed by atoms with van der Waals surface area (Å²) < 4.78 is 0. The van der Waals surface area contributed by atoms with Crippen molar-refractivity contribution in [1.29, 1.82) is 0 Å². The summed E-state index contributed by atoms with van der Waals surface area (Å²) >= 11 is 1.99. The van der Waals surface area contributed by atoms with Crippen molar-refractivity contribution in [2.45, 2.75) is 71.5 Å². The number of aryl methyl sites for hydroxylation is 1. The highest BCUT2D eigenvalue weighted by atomic mass is 32.1. The Hall–Kier alpha value is -0.380. The summed E-state index contributed by atoms with van der Waals surface area (Å²) in [6, 6.07) is 3.27. The zero-order valence-electron chi connectivity index (χ0n) is 13.7. The van der Waals surface area contributed by atoms with E-state index in [1.165, 1.54) is 67.9 Å². The van der Waals surface area contributed by atoms with E-state index in [0.717, 1.165) is 18.5 Å². The molecule has 0 spiro atoms. The molecule has 0 aromatic carbocycles. The Bertz CT molecular complexity index is 450. The largest absolute Gasteiger partial charge is 0.309 e. The molecule has 1 aromatic rings. The predicted molar refractivity (Wildman–Crippen MR) is 91.8 cm³/mol. The van der Waals surface area contributed by atoms with Crippen molar-refractivity contribution in [1.82, 2.24) is 10.2 Å². The van der Waals surface area contributed by atoms with E-state index in [2.05, 4.69) is 30.1 Å². The van der Waals surface area contributed by atoms with Gasteiger partial charge in [-0.15, -0.1) is 11.3 Å². The zero-order valence-corrected chi connectivity index (χ0v) is 14.5. The fourth-order valence-corrected chi connectivity index (χ4v) is 4.40. The first kappa shape index (κ1) is 15.5. The molecule has 2 aliphatic rings. The molecular weight excluding hydrogens is 276 g/mol. The lowest BCUT2D eigenvalue weighted by Gasteiger charge is -2.20. The molecule has 1 saturated carbocycles. The molecule has 2 heterocycles. The van der Waals surface area contributed by atoms with Crippen molar-refractivity contribution < 1.29 is 0 Å². The van der Waals surface area contributed by atoms with Gasteiger partial charge >= 0.3 is 0 Å². The molecule has 0 bridgehead atoms. The molecule has 1 aliphatic carbocycles. The molecule has 1 unspecified atom stereocenters. The summed E-state index contributed by atoms with van der Waals surface area (Å²) in [6.07, 6.45) is 8.34. The molecule has 3 rings (SSSR count). The van der Waals surface area contributed by atoms with Crippen LogP contribution in [0, 0.1) is 12.8 Å². The van der Waals surface area contributed by atoms with Gasteiger partial charge in [0.1, 0.15) is 0 Å². The predicted octanol–water partition coefficient (Wildman–Crippen LogP) is 4.32. The minimum Gasteiger partial charge on any atom is -0.309 e. The van der Waals surface area contributed by atoms with Crippen LogP contribution in [-0.4, -0.2) is 24.0 Å². The smallest absolute Gasteiger partial charge is 0.0302 e. The van der Waals surface area contributed by atoms with Gasteiger partial charge in [-0.3, -0.25) is 4.90 Å². The Kier molecular flexibility index (Phi) is 5.36. The first-order valence-electron chi connectivity index (χ1n) is 8.78. The number of thiophene rings is 1. The fraction of sp³-hybridized carbons (Fsp3) is 0.778. The third kappa shape index (κ3) is 4.54. The van der Waals surface area contributed by atoms with Gasteiger partial charge in [0.25, 0.3) is 0 Å². The Morgan fingerprint density at radius 2 is 2.10 bits per heavy atom. The molecule has 1 N–H and O–H groups in total. The van der Waals surface area contributed by atoms with Crippen molar-refractivity contribution in [3.8, 4) is 0 Å². The van der Waals surface area contributed by atoms with Crippen LogP contribution in [0.5, 0.6) is 0 Å². The van der Waals surface area contributed by atoms with E-state index < -0.39 is 0 Å². The van der Waals surface area contributed by atoms with Crippen LogP contribution in [0.1, 0.15) is 60.8 Å². The van der Waals surface area contributed by atoms with Crippen LogP contribution in [0.25, 0.3) is 0 Å². The first-order valence-corrected chi connectivity index (χ1v) is 9.60. The molecule has 2 nitrogen and oxygen atoms in total. The summed E-state index contributed by atoms with van der Waals surface area (Å²) in [5.74, 6) is 0.969. The van der Waals surface area contributed by atoms with Crippen LogP contribution >= 0.6 is 11.3 Å². The molecule has 0 amide bonds. The van der Waals surface area contributed by atoms with E-state index in [1.807, 2.05) is 11.3 Å². The lowest BCUT2D eigenvalue weighted by atomic mass is 9.98. The molecule has 21 heavy (non-hydrogen) atoms. The van der Waals surface area contributed by atoms with E-state index in [-0.39, 0.29) is 0 Å². The lowest BCUT2D eigenvalue weighted by Crippen LogP contribution is -2.24. The topological polar surface area (TPSA) is 15.3 Å². The van der Waals surface area contributed by atoms with Crippen LogP contribution in [0.2, 0.25) is 0 Å². The summed E-state index contributed by atoms with van der Waals surface area (Å²) in [5.41, 5.74) is 1.57. The Labute approximate surface area is 133 Å². The third-order valence-corrected chi connectivity index (χ3v) is 6.22. The summed E-state index contributed by atoms with van der Waals surface area (Å²) in [6.45, 7) is 9.48. The monoisotopic (exact) mass is 306 g/mol.